The molecular weight excluding hydrogens is 224 g/mol. The minimum absolute atomic E-state index is 0.383. The van der Waals surface area contributed by atoms with Gasteiger partial charge >= 0.3 is 0 Å². The second kappa shape index (κ2) is 6.32. The van der Waals surface area contributed by atoms with Gasteiger partial charge < -0.3 is 5.32 Å². The van der Waals surface area contributed by atoms with Crippen molar-refractivity contribution in [1.29, 1.82) is 0 Å². The van der Waals surface area contributed by atoms with E-state index in [-0.39, 0.29) is 0 Å². The van der Waals surface area contributed by atoms with Crippen LogP contribution in [0.1, 0.15) is 57.7 Å². The summed E-state index contributed by atoms with van der Waals surface area (Å²) in [6.45, 7) is 5.49. The smallest absolute Gasteiger partial charge is 0.0999 e. The predicted octanol–water partition coefficient (Wildman–Crippen LogP) is 2.68. The van der Waals surface area contributed by atoms with Gasteiger partial charge in [0.05, 0.1) is 11.7 Å². The van der Waals surface area contributed by atoms with Crippen molar-refractivity contribution >= 4 is 0 Å². The summed E-state index contributed by atoms with van der Waals surface area (Å²) in [4.78, 5) is 0. The summed E-state index contributed by atoms with van der Waals surface area (Å²) in [5.41, 5.74) is 1.12. The van der Waals surface area contributed by atoms with E-state index in [1.165, 1.54) is 32.1 Å². The zero-order valence-electron chi connectivity index (χ0n) is 11.9. The Hall–Kier alpha value is -0.900. The minimum atomic E-state index is 0.383. The van der Waals surface area contributed by atoms with Crippen LogP contribution in [0.3, 0.4) is 0 Å². The molecule has 0 amide bonds. The van der Waals surface area contributed by atoms with Gasteiger partial charge in [0.15, 0.2) is 0 Å². The lowest BCUT2D eigenvalue weighted by Crippen LogP contribution is -2.34. The minimum Gasteiger partial charge on any atom is -0.309 e. The van der Waals surface area contributed by atoms with Crippen LogP contribution in [0, 0.1) is 11.8 Å². The number of aromatic nitrogens is 3. The Balaban J connectivity index is 2.17. The number of hydrogen-bond donors (Lipinski definition) is 1. The molecule has 1 N–H and O–H groups in total. The molecule has 0 spiro atoms. The van der Waals surface area contributed by atoms with Crippen molar-refractivity contribution in [1.82, 2.24) is 20.3 Å². The third kappa shape index (κ3) is 2.91. The standard InChI is InChI=1S/C14H26N4/c1-4-11-8-6-7-9-12(11)14(15-5-2)13-10-18(3)17-16-13/h10-12,14-15H,4-9H2,1-3H3. The van der Waals surface area contributed by atoms with Gasteiger partial charge in [-0.25, -0.2) is 0 Å². The second-order valence-electron chi connectivity index (χ2n) is 5.47. The quantitative estimate of drug-likeness (QED) is 0.873. The van der Waals surface area contributed by atoms with Crippen LogP contribution < -0.4 is 5.32 Å². The van der Waals surface area contributed by atoms with Crippen molar-refractivity contribution in [2.75, 3.05) is 6.54 Å². The SMILES string of the molecule is CCNC(c1cn(C)nn1)C1CCCCC1CC. The summed E-state index contributed by atoms with van der Waals surface area (Å²) in [5.74, 6) is 1.56. The first-order valence-corrected chi connectivity index (χ1v) is 7.35. The van der Waals surface area contributed by atoms with Gasteiger partial charge in [0.25, 0.3) is 0 Å². The Morgan fingerprint density at radius 3 is 2.78 bits per heavy atom. The van der Waals surface area contributed by atoms with Gasteiger partial charge in [-0.2, -0.15) is 0 Å². The zero-order chi connectivity index (χ0) is 13.0. The van der Waals surface area contributed by atoms with Crippen molar-refractivity contribution in [3.63, 3.8) is 0 Å². The number of nitrogens with one attached hydrogen (secondary N) is 1. The van der Waals surface area contributed by atoms with E-state index in [2.05, 4.69) is 35.7 Å². The Morgan fingerprint density at radius 1 is 1.39 bits per heavy atom. The molecule has 1 heterocycles. The van der Waals surface area contributed by atoms with Crippen molar-refractivity contribution < 1.29 is 0 Å². The summed E-state index contributed by atoms with van der Waals surface area (Å²) in [6.07, 6.45) is 8.81. The van der Waals surface area contributed by atoms with E-state index < -0.39 is 0 Å². The molecule has 2 rings (SSSR count). The Kier molecular flexibility index (Phi) is 4.75. The van der Waals surface area contributed by atoms with Gasteiger partial charge in [0.1, 0.15) is 0 Å². The van der Waals surface area contributed by atoms with Gasteiger partial charge in [-0.3, -0.25) is 4.68 Å². The molecule has 0 aliphatic heterocycles. The molecule has 1 saturated carbocycles. The van der Waals surface area contributed by atoms with Crippen LogP contribution in [-0.4, -0.2) is 21.5 Å². The molecule has 4 heteroatoms. The van der Waals surface area contributed by atoms with E-state index in [0.717, 1.165) is 24.1 Å². The highest BCUT2D eigenvalue weighted by molar-refractivity contribution is 5.04. The van der Waals surface area contributed by atoms with Crippen LogP contribution in [0.2, 0.25) is 0 Å². The lowest BCUT2D eigenvalue weighted by molar-refractivity contribution is 0.174. The van der Waals surface area contributed by atoms with Gasteiger partial charge in [-0.05, 0) is 24.8 Å². The highest BCUT2D eigenvalue weighted by Gasteiger charge is 2.32. The maximum absolute atomic E-state index is 4.33. The van der Waals surface area contributed by atoms with Crippen molar-refractivity contribution in [2.24, 2.45) is 18.9 Å². The number of aryl methyl sites for hydroxylation is 1. The van der Waals surface area contributed by atoms with Crippen molar-refractivity contribution in [2.45, 2.75) is 52.0 Å². The predicted molar refractivity (Wildman–Crippen MR) is 73.2 cm³/mol. The maximum Gasteiger partial charge on any atom is 0.0999 e. The molecule has 0 aromatic carbocycles. The first kappa shape index (κ1) is 13.5. The normalized spacial score (nSPS) is 26.2. The summed E-state index contributed by atoms with van der Waals surface area (Å²) >= 11 is 0. The average molecular weight is 250 g/mol. The van der Waals surface area contributed by atoms with E-state index in [4.69, 9.17) is 0 Å². The first-order valence-electron chi connectivity index (χ1n) is 7.35. The van der Waals surface area contributed by atoms with E-state index >= 15 is 0 Å². The lowest BCUT2D eigenvalue weighted by Gasteiger charge is -2.36. The fourth-order valence-corrected chi connectivity index (χ4v) is 3.38. The summed E-state index contributed by atoms with van der Waals surface area (Å²) in [7, 11) is 1.94. The Labute approximate surface area is 110 Å². The topological polar surface area (TPSA) is 42.7 Å². The second-order valence-corrected chi connectivity index (χ2v) is 5.47. The van der Waals surface area contributed by atoms with Crippen LogP contribution in [0.4, 0.5) is 0 Å². The van der Waals surface area contributed by atoms with E-state index in [9.17, 15) is 0 Å². The molecule has 0 radical (unpaired) electrons. The van der Waals surface area contributed by atoms with Gasteiger partial charge in [0.2, 0.25) is 0 Å². The van der Waals surface area contributed by atoms with Crippen LogP contribution >= 0.6 is 0 Å². The molecule has 1 fully saturated rings. The largest absolute Gasteiger partial charge is 0.309 e. The Bertz CT molecular complexity index is 360. The fourth-order valence-electron chi connectivity index (χ4n) is 3.38. The van der Waals surface area contributed by atoms with Crippen LogP contribution in [-0.2, 0) is 7.05 Å². The molecule has 4 nitrogen and oxygen atoms in total. The van der Waals surface area contributed by atoms with Crippen molar-refractivity contribution in [3.8, 4) is 0 Å². The zero-order valence-corrected chi connectivity index (χ0v) is 11.9. The van der Waals surface area contributed by atoms with Crippen molar-refractivity contribution in [3.05, 3.63) is 11.9 Å². The number of nitrogens with zero attached hydrogens (tertiary/aromatic N) is 3. The third-order valence-electron chi connectivity index (χ3n) is 4.28. The average Bonchev–Trinajstić information content (AvgIpc) is 2.82. The third-order valence-corrected chi connectivity index (χ3v) is 4.28. The molecule has 102 valence electrons. The van der Waals surface area contributed by atoms with Gasteiger partial charge in [0, 0.05) is 13.2 Å². The highest BCUT2D eigenvalue weighted by Crippen LogP contribution is 2.39. The highest BCUT2D eigenvalue weighted by atomic mass is 15.4. The van der Waals surface area contributed by atoms with Crippen LogP contribution in [0.15, 0.2) is 6.20 Å². The molecule has 3 unspecified atom stereocenters. The van der Waals surface area contributed by atoms with Crippen LogP contribution in [0.25, 0.3) is 0 Å². The summed E-state index contributed by atoms with van der Waals surface area (Å²) in [5, 5.41) is 12.1. The monoisotopic (exact) mass is 250 g/mol. The molecule has 1 aliphatic rings. The molecule has 1 aromatic heterocycles. The molecular formula is C14H26N4. The molecule has 1 aromatic rings. The molecule has 0 bridgehead atoms. The van der Waals surface area contributed by atoms with E-state index in [0.29, 0.717) is 6.04 Å². The van der Waals surface area contributed by atoms with Gasteiger partial charge in [-0.1, -0.05) is 44.7 Å². The molecule has 3 atom stereocenters. The Morgan fingerprint density at radius 2 is 2.17 bits per heavy atom. The molecule has 1 aliphatic carbocycles. The van der Waals surface area contributed by atoms with Gasteiger partial charge in [-0.15, -0.1) is 5.10 Å². The summed E-state index contributed by atoms with van der Waals surface area (Å²) < 4.78 is 1.81. The number of hydrogen-bond acceptors (Lipinski definition) is 3. The maximum atomic E-state index is 4.33. The van der Waals surface area contributed by atoms with Crippen LogP contribution in [0.5, 0.6) is 0 Å². The van der Waals surface area contributed by atoms with E-state index in [1.54, 1.807) is 0 Å². The fraction of sp³-hybridized carbons (Fsp3) is 0.857. The molecule has 18 heavy (non-hydrogen) atoms. The number of rotatable bonds is 5. The molecule has 0 saturated heterocycles. The first-order chi connectivity index (χ1) is 8.76. The van der Waals surface area contributed by atoms with E-state index in [1.807, 2.05) is 11.7 Å². The lowest BCUT2D eigenvalue weighted by atomic mass is 9.73. The summed E-state index contributed by atoms with van der Waals surface area (Å²) in [6, 6.07) is 0.383.